The molecule has 0 saturated carbocycles. The van der Waals surface area contributed by atoms with Crippen LogP contribution in [0.5, 0.6) is 0 Å². The van der Waals surface area contributed by atoms with Gasteiger partial charge in [0.05, 0.1) is 6.42 Å². The van der Waals surface area contributed by atoms with E-state index in [2.05, 4.69) is 57.6 Å². The van der Waals surface area contributed by atoms with Gasteiger partial charge in [-0.05, 0) is 47.5 Å². The summed E-state index contributed by atoms with van der Waals surface area (Å²) in [6, 6.07) is 26.1. The van der Waals surface area contributed by atoms with E-state index in [1.54, 1.807) is 12.1 Å². The van der Waals surface area contributed by atoms with Gasteiger partial charge in [-0.2, -0.15) is 0 Å². The SMILES string of the molecule is O=C(Cc1ccc(Cl)cc1)Nc1ccc(CN2CCN(c3ccccc3)CC2)cc1. The van der Waals surface area contributed by atoms with Crippen LogP contribution in [0.15, 0.2) is 78.9 Å². The van der Waals surface area contributed by atoms with Gasteiger partial charge in [-0.25, -0.2) is 0 Å². The number of nitrogens with zero attached hydrogens (tertiary/aromatic N) is 2. The van der Waals surface area contributed by atoms with Gasteiger partial charge in [0.1, 0.15) is 0 Å². The lowest BCUT2D eigenvalue weighted by atomic mass is 10.1. The molecule has 4 nitrogen and oxygen atoms in total. The Bertz CT molecular complexity index is 950. The summed E-state index contributed by atoms with van der Waals surface area (Å²) in [6.45, 7) is 5.12. The van der Waals surface area contributed by atoms with Crippen LogP contribution in [0.2, 0.25) is 5.02 Å². The highest BCUT2D eigenvalue weighted by atomic mass is 35.5. The Morgan fingerprint density at radius 3 is 2.10 bits per heavy atom. The number of carbonyl (C=O) groups excluding carboxylic acids is 1. The second-order valence-electron chi connectivity index (χ2n) is 7.65. The molecule has 0 aromatic heterocycles. The molecule has 0 aliphatic carbocycles. The topological polar surface area (TPSA) is 35.6 Å². The van der Waals surface area contributed by atoms with E-state index < -0.39 is 0 Å². The first-order valence-corrected chi connectivity index (χ1v) is 10.7. The lowest BCUT2D eigenvalue weighted by molar-refractivity contribution is -0.115. The largest absolute Gasteiger partial charge is 0.369 e. The van der Waals surface area contributed by atoms with Gasteiger partial charge in [-0.3, -0.25) is 9.69 Å². The maximum atomic E-state index is 12.3. The molecule has 3 aromatic carbocycles. The van der Waals surface area contributed by atoms with Crippen LogP contribution in [-0.4, -0.2) is 37.0 Å². The summed E-state index contributed by atoms with van der Waals surface area (Å²) in [6.07, 6.45) is 0.338. The van der Waals surface area contributed by atoms with Gasteiger partial charge in [-0.1, -0.05) is 54.1 Å². The average Bonchev–Trinajstić information content (AvgIpc) is 2.78. The van der Waals surface area contributed by atoms with E-state index in [1.807, 2.05) is 24.3 Å². The molecule has 30 heavy (non-hydrogen) atoms. The lowest BCUT2D eigenvalue weighted by Crippen LogP contribution is -2.45. The van der Waals surface area contributed by atoms with Crippen molar-refractivity contribution in [3.8, 4) is 0 Å². The minimum Gasteiger partial charge on any atom is -0.369 e. The van der Waals surface area contributed by atoms with E-state index in [1.165, 1.54) is 11.3 Å². The molecule has 3 aromatic rings. The van der Waals surface area contributed by atoms with Crippen molar-refractivity contribution in [1.82, 2.24) is 4.90 Å². The molecule has 0 bridgehead atoms. The molecule has 1 N–H and O–H groups in total. The molecule has 0 atom stereocenters. The van der Waals surface area contributed by atoms with Crippen LogP contribution < -0.4 is 10.2 Å². The summed E-state index contributed by atoms with van der Waals surface area (Å²) in [5.41, 5.74) is 4.34. The molecule has 4 rings (SSSR count). The third kappa shape index (κ3) is 5.62. The number of anilines is 2. The van der Waals surface area contributed by atoms with Crippen molar-refractivity contribution in [2.75, 3.05) is 36.4 Å². The van der Waals surface area contributed by atoms with Crippen LogP contribution in [0.4, 0.5) is 11.4 Å². The first-order valence-electron chi connectivity index (χ1n) is 10.3. The minimum absolute atomic E-state index is 0.0258. The summed E-state index contributed by atoms with van der Waals surface area (Å²) in [5.74, 6) is -0.0258. The van der Waals surface area contributed by atoms with Crippen LogP contribution in [0.1, 0.15) is 11.1 Å². The van der Waals surface area contributed by atoms with E-state index in [0.29, 0.717) is 11.4 Å². The Hall–Kier alpha value is -2.82. The fourth-order valence-electron chi connectivity index (χ4n) is 3.75. The molecular weight excluding hydrogens is 394 g/mol. The summed E-state index contributed by atoms with van der Waals surface area (Å²) in [4.78, 5) is 17.2. The molecule has 1 fully saturated rings. The zero-order valence-corrected chi connectivity index (χ0v) is 17.7. The fourth-order valence-corrected chi connectivity index (χ4v) is 3.87. The molecule has 154 valence electrons. The Labute approximate surface area is 183 Å². The Kier molecular flexibility index (Phi) is 6.67. The van der Waals surface area contributed by atoms with E-state index >= 15 is 0 Å². The first-order chi connectivity index (χ1) is 14.7. The molecule has 0 unspecified atom stereocenters. The number of piperazine rings is 1. The van der Waals surface area contributed by atoms with E-state index in [9.17, 15) is 4.79 Å². The molecule has 1 aliphatic heterocycles. The van der Waals surface area contributed by atoms with Crippen molar-refractivity contribution in [1.29, 1.82) is 0 Å². The van der Waals surface area contributed by atoms with Gasteiger partial charge in [0, 0.05) is 49.1 Å². The Morgan fingerprint density at radius 1 is 0.800 bits per heavy atom. The van der Waals surface area contributed by atoms with Gasteiger partial charge in [0.25, 0.3) is 0 Å². The van der Waals surface area contributed by atoms with Gasteiger partial charge in [-0.15, -0.1) is 0 Å². The highest BCUT2D eigenvalue weighted by molar-refractivity contribution is 6.30. The van der Waals surface area contributed by atoms with E-state index in [-0.39, 0.29) is 5.91 Å². The molecule has 0 radical (unpaired) electrons. The van der Waals surface area contributed by atoms with Crippen LogP contribution in [0.3, 0.4) is 0 Å². The van der Waals surface area contributed by atoms with Gasteiger partial charge < -0.3 is 10.2 Å². The number of hydrogen-bond donors (Lipinski definition) is 1. The monoisotopic (exact) mass is 419 g/mol. The maximum Gasteiger partial charge on any atom is 0.228 e. The summed E-state index contributed by atoms with van der Waals surface area (Å²) in [5, 5.41) is 3.64. The van der Waals surface area contributed by atoms with Crippen LogP contribution in [-0.2, 0) is 17.8 Å². The van der Waals surface area contributed by atoms with Crippen molar-refractivity contribution >= 4 is 28.9 Å². The third-order valence-electron chi connectivity index (χ3n) is 5.42. The third-order valence-corrected chi connectivity index (χ3v) is 5.67. The number of halogens is 1. The molecule has 1 amide bonds. The van der Waals surface area contributed by atoms with Gasteiger partial charge in [0.15, 0.2) is 0 Å². The number of nitrogens with one attached hydrogen (secondary N) is 1. The molecular formula is C25H26ClN3O. The quantitative estimate of drug-likeness (QED) is 0.620. The molecule has 1 saturated heterocycles. The van der Waals surface area contributed by atoms with Crippen LogP contribution in [0.25, 0.3) is 0 Å². The Balaban J connectivity index is 1.25. The number of benzene rings is 3. The first kappa shape index (κ1) is 20.5. The van der Waals surface area contributed by atoms with Crippen LogP contribution >= 0.6 is 11.6 Å². The van der Waals surface area contributed by atoms with E-state index in [0.717, 1.165) is 44.0 Å². The van der Waals surface area contributed by atoms with Crippen LogP contribution in [0, 0.1) is 0 Å². The highest BCUT2D eigenvalue weighted by Crippen LogP contribution is 2.18. The van der Waals surface area contributed by atoms with Crippen molar-refractivity contribution in [2.45, 2.75) is 13.0 Å². The maximum absolute atomic E-state index is 12.3. The summed E-state index contributed by atoms with van der Waals surface area (Å²) < 4.78 is 0. The fraction of sp³-hybridized carbons (Fsp3) is 0.240. The molecule has 1 heterocycles. The smallest absolute Gasteiger partial charge is 0.228 e. The van der Waals surface area contributed by atoms with Gasteiger partial charge >= 0.3 is 0 Å². The predicted octanol–water partition coefficient (Wildman–Crippen LogP) is 4.84. The molecule has 5 heteroatoms. The lowest BCUT2D eigenvalue weighted by Gasteiger charge is -2.36. The second-order valence-corrected chi connectivity index (χ2v) is 8.08. The molecule has 1 aliphatic rings. The molecule has 0 spiro atoms. The number of para-hydroxylation sites is 1. The normalized spacial score (nSPS) is 14.5. The van der Waals surface area contributed by atoms with Crippen molar-refractivity contribution in [3.63, 3.8) is 0 Å². The number of carbonyl (C=O) groups is 1. The zero-order valence-electron chi connectivity index (χ0n) is 16.9. The highest BCUT2D eigenvalue weighted by Gasteiger charge is 2.17. The van der Waals surface area contributed by atoms with E-state index in [4.69, 9.17) is 11.6 Å². The van der Waals surface area contributed by atoms with Crippen molar-refractivity contribution < 1.29 is 4.79 Å². The Morgan fingerprint density at radius 2 is 1.43 bits per heavy atom. The second kappa shape index (κ2) is 9.79. The standard InChI is InChI=1S/C25H26ClN3O/c26-22-10-6-20(7-11-22)18-25(30)27-23-12-8-21(9-13-23)19-28-14-16-29(17-15-28)24-4-2-1-3-5-24/h1-13H,14-19H2,(H,27,30). The van der Waals surface area contributed by atoms with Crippen molar-refractivity contribution in [3.05, 3.63) is 95.0 Å². The predicted molar refractivity (Wildman–Crippen MR) is 124 cm³/mol. The minimum atomic E-state index is -0.0258. The van der Waals surface area contributed by atoms with Crippen molar-refractivity contribution in [2.24, 2.45) is 0 Å². The summed E-state index contributed by atoms with van der Waals surface area (Å²) >= 11 is 5.89. The number of rotatable bonds is 6. The zero-order chi connectivity index (χ0) is 20.8. The number of hydrogen-bond acceptors (Lipinski definition) is 3. The average molecular weight is 420 g/mol. The number of amides is 1. The van der Waals surface area contributed by atoms with Gasteiger partial charge in [0.2, 0.25) is 5.91 Å². The summed E-state index contributed by atoms with van der Waals surface area (Å²) in [7, 11) is 0.